The Morgan fingerprint density at radius 1 is 0.974 bits per heavy atom. The van der Waals surface area contributed by atoms with Gasteiger partial charge in [0.1, 0.15) is 11.6 Å². The first kappa shape index (κ1) is 22.8. The second-order valence-corrected chi connectivity index (χ2v) is 10.3. The van der Waals surface area contributed by atoms with Crippen molar-refractivity contribution in [1.82, 2.24) is 9.47 Å². The molecule has 7 heteroatoms. The van der Waals surface area contributed by atoms with Crippen LogP contribution in [-0.4, -0.2) is 40.5 Å². The van der Waals surface area contributed by atoms with E-state index >= 15 is 0 Å². The van der Waals surface area contributed by atoms with Crippen molar-refractivity contribution >= 4 is 29.1 Å². The second kappa shape index (κ2) is 8.87. The van der Waals surface area contributed by atoms with Crippen molar-refractivity contribution < 1.29 is 9.18 Å². The summed E-state index contributed by atoms with van der Waals surface area (Å²) in [6.45, 7) is 0.580. The Kier molecular flexibility index (Phi) is 5.32. The van der Waals surface area contributed by atoms with Crippen LogP contribution in [-0.2, 0) is 6.54 Å². The zero-order chi connectivity index (χ0) is 25.8. The predicted molar refractivity (Wildman–Crippen MR) is 149 cm³/mol. The largest absolute Gasteiger partial charge is 0.340 e. The van der Waals surface area contributed by atoms with E-state index in [0.29, 0.717) is 12.1 Å². The maximum Gasteiger partial charge on any atom is 0.264 e. The van der Waals surface area contributed by atoms with Gasteiger partial charge in [-0.1, -0.05) is 54.6 Å². The molecule has 1 aliphatic carbocycles. The van der Waals surface area contributed by atoms with Crippen molar-refractivity contribution in [3.8, 4) is 11.1 Å². The molecule has 0 spiro atoms. The minimum Gasteiger partial charge on any atom is -0.340 e. The number of hydrogen-bond donors (Lipinski definition) is 1. The Balaban J connectivity index is 1.30. The van der Waals surface area contributed by atoms with Gasteiger partial charge in [0.15, 0.2) is 0 Å². The molecule has 3 aromatic carbocycles. The molecule has 2 atom stereocenters. The Morgan fingerprint density at radius 2 is 1.79 bits per heavy atom. The number of fused-ring (bicyclic) bond motifs is 5. The highest BCUT2D eigenvalue weighted by Gasteiger charge is 2.48. The topological polar surface area (TPSA) is 52.9 Å². The Hall–Kier alpha value is -4.39. The lowest BCUT2D eigenvalue weighted by molar-refractivity contribution is 0.0865. The molecule has 6 nitrogen and oxygen atoms in total. The predicted octanol–water partition coefficient (Wildman–Crippen LogP) is 6.27. The van der Waals surface area contributed by atoms with E-state index in [4.69, 9.17) is 4.99 Å². The van der Waals surface area contributed by atoms with E-state index in [9.17, 15) is 9.18 Å². The second-order valence-electron chi connectivity index (χ2n) is 10.3. The van der Waals surface area contributed by atoms with E-state index in [0.717, 1.165) is 59.1 Å². The molecule has 0 bridgehead atoms. The summed E-state index contributed by atoms with van der Waals surface area (Å²) < 4.78 is 15.9. The third kappa shape index (κ3) is 3.69. The first-order chi connectivity index (χ1) is 18.6. The van der Waals surface area contributed by atoms with Crippen LogP contribution >= 0.6 is 0 Å². The van der Waals surface area contributed by atoms with E-state index in [2.05, 4.69) is 26.9 Å². The molecule has 1 amide bonds. The molecule has 190 valence electrons. The molecule has 2 aliphatic heterocycles. The summed E-state index contributed by atoms with van der Waals surface area (Å²) >= 11 is 0. The Morgan fingerprint density at radius 3 is 2.58 bits per heavy atom. The van der Waals surface area contributed by atoms with Gasteiger partial charge in [-0.3, -0.25) is 9.69 Å². The summed E-state index contributed by atoms with van der Waals surface area (Å²) in [6, 6.07) is 25.4. The zero-order valence-corrected chi connectivity index (χ0v) is 21.1. The minimum atomic E-state index is -0.245. The molecular weight excluding hydrogens is 477 g/mol. The van der Waals surface area contributed by atoms with Gasteiger partial charge in [-0.25, -0.2) is 9.38 Å². The molecule has 1 fully saturated rings. The van der Waals surface area contributed by atoms with Gasteiger partial charge in [-0.15, -0.1) is 0 Å². The molecule has 38 heavy (non-hydrogen) atoms. The van der Waals surface area contributed by atoms with Crippen LogP contribution in [0, 0.1) is 5.82 Å². The number of aromatic nitrogens is 1. The van der Waals surface area contributed by atoms with Crippen molar-refractivity contribution in [3.63, 3.8) is 0 Å². The number of guanidine groups is 1. The molecule has 3 aliphatic rings. The van der Waals surface area contributed by atoms with Crippen molar-refractivity contribution in [2.75, 3.05) is 17.3 Å². The average Bonchev–Trinajstić information content (AvgIpc) is 3.62. The van der Waals surface area contributed by atoms with E-state index in [1.807, 2.05) is 61.8 Å². The van der Waals surface area contributed by atoms with E-state index in [1.165, 1.54) is 6.07 Å². The number of hydrogen-bond acceptors (Lipinski definition) is 4. The normalized spacial score (nSPS) is 19.7. The molecule has 1 N–H and O–H groups in total. The number of anilines is 3. The summed E-state index contributed by atoms with van der Waals surface area (Å²) in [7, 11) is 1.82. The molecular formula is C31H28FN5O. The quantitative estimate of drug-likeness (QED) is 0.348. The van der Waals surface area contributed by atoms with Gasteiger partial charge >= 0.3 is 0 Å². The fourth-order valence-electron chi connectivity index (χ4n) is 6.04. The number of benzene rings is 3. The van der Waals surface area contributed by atoms with E-state index < -0.39 is 0 Å². The highest BCUT2D eigenvalue weighted by Crippen LogP contribution is 2.46. The van der Waals surface area contributed by atoms with Crippen molar-refractivity contribution in [2.24, 2.45) is 4.99 Å². The number of para-hydroxylation sites is 1. The van der Waals surface area contributed by atoms with E-state index in [-0.39, 0.29) is 23.8 Å². The van der Waals surface area contributed by atoms with Gasteiger partial charge in [0.05, 0.1) is 23.3 Å². The summed E-state index contributed by atoms with van der Waals surface area (Å²) in [5, 5.41) is 3.63. The van der Waals surface area contributed by atoms with Crippen LogP contribution in [0.25, 0.3) is 11.1 Å². The van der Waals surface area contributed by atoms with E-state index in [1.54, 1.807) is 17.0 Å². The Labute approximate surface area is 221 Å². The van der Waals surface area contributed by atoms with Gasteiger partial charge in [0.25, 0.3) is 5.91 Å². The van der Waals surface area contributed by atoms with Gasteiger partial charge in [-0.2, -0.15) is 0 Å². The van der Waals surface area contributed by atoms with Crippen molar-refractivity contribution in [2.45, 2.75) is 37.9 Å². The van der Waals surface area contributed by atoms with Crippen LogP contribution in [0.1, 0.15) is 35.2 Å². The summed E-state index contributed by atoms with van der Waals surface area (Å²) in [5.41, 5.74) is 5.46. The summed E-state index contributed by atoms with van der Waals surface area (Å²) in [6.07, 6.45) is 5.24. The third-order valence-electron chi connectivity index (χ3n) is 7.90. The van der Waals surface area contributed by atoms with Crippen LogP contribution in [0.15, 0.2) is 90.1 Å². The number of nitrogens with one attached hydrogen (secondary N) is 1. The van der Waals surface area contributed by atoms with Crippen LogP contribution in [0.3, 0.4) is 0 Å². The summed E-state index contributed by atoms with van der Waals surface area (Å²) in [5.74, 6) is 1.36. The van der Waals surface area contributed by atoms with Gasteiger partial charge in [-0.05, 0) is 60.2 Å². The molecule has 1 aromatic heterocycles. The van der Waals surface area contributed by atoms with Crippen LogP contribution < -0.4 is 10.2 Å². The van der Waals surface area contributed by atoms with Crippen molar-refractivity contribution in [3.05, 3.63) is 102 Å². The molecule has 4 aromatic rings. The fraction of sp³-hybridized carbons (Fsp3) is 0.226. The van der Waals surface area contributed by atoms with Gasteiger partial charge < -0.3 is 14.8 Å². The average molecular weight is 506 g/mol. The molecule has 0 saturated heterocycles. The van der Waals surface area contributed by atoms with Crippen LogP contribution in [0.2, 0.25) is 0 Å². The number of nitrogens with zero attached hydrogens (tertiary/aromatic N) is 4. The van der Waals surface area contributed by atoms with Gasteiger partial charge in [0.2, 0.25) is 5.96 Å². The number of amides is 1. The third-order valence-corrected chi connectivity index (χ3v) is 7.90. The first-order valence-electron chi connectivity index (χ1n) is 13.1. The number of carbonyl (C=O) groups is 1. The van der Waals surface area contributed by atoms with Crippen molar-refractivity contribution in [1.29, 1.82) is 0 Å². The lowest BCUT2D eigenvalue weighted by Gasteiger charge is -2.36. The lowest BCUT2D eigenvalue weighted by Crippen LogP contribution is -2.51. The smallest absolute Gasteiger partial charge is 0.264 e. The molecule has 0 radical (unpaired) electrons. The van der Waals surface area contributed by atoms with Crippen LogP contribution in [0.4, 0.5) is 21.6 Å². The highest BCUT2D eigenvalue weighted by atomic mass is 19.1. The monoisotopic (exact) mass is 505 g/mol. The first-order valence-corrected chi connectivity index (χ1v) is 13.1. The number of halogens is 1. The number of rotatable bonds is 5. The molecule has 1 saturated carbocycles. The maximum atomic E-state index is 13.7. The highest BCUT2D eigenvalue weighted by molar-refractivity contribution is 6.21. The Bertz CT molecular complexity index is 1560. The zero-order valence-electron chi connectivity index (χ0n) is 21.1. The standard InChI is InChI=1S/C31H28FN5O/c1-35-30(38)25-19-36(18-20-13-15-21(16-14-20)22-7-5-8-23(32)17-22)29(33-24-9-3-2-4-10-24)28(25)37-27-12-6-11-26(27)34-31(35)37/h2-5,7-10,13-17,19,26-27,33H,6,11-12,18H2,1H3/t26-,27+/m1/s1. The SMILES string of the molecule is CN1C(=O)c2cn(Cc3ccc(-c4cccc(F)c4)cc3)c(Nc3ccccc3)c2N2C1=N[C@@H]1CCC[C@@H]12. The number of carbonyl (C=O) groups excluding carboxylic acids is 1. The van der Waals surface area contributed by atoms with Crippen LogP contribution in [0.5, 0.6) is 0 Å². The summed E-state index contributed by atoms with van der Waals surface area (Å²) in [4.78, 5) is 22.5. The molecule has 3 heterocycles. The fourth-order valence-corrected chi connectivity index (χ4v) is 6.04. The maximum absolute atomic E-state index is 13.7. The lowest BCUT2D eigenvalue weighted by atomic mass is 10.0. The number of aliphatic imine (C=N–C) groups is 1. The molecule has 0 unspecified atom stereocenters. The minimum absolute atomic E-state index is 0.0358. The molecule has 7 rings (SSSR count). The van der Waals surface area contributed by atoms with Gasteiger partial charge in [0, 0.05) is 25.5 Å².